The van der Waals surface area contributed by atoms with Gasteiger partial charge in [-0.05, 0) is 72.3 Å². The number of hydrogen-bond donors (Lipinski definition) is 2. The third kappa shape index (κ3) is 12.6. The van der Waals surface area contributed by atoms with Gasteiger partial charge in [-0.15, -0.1) is 24.0 Å². The van der Waals surface area contributed by atoms with Gasteiger partial charge in [-0.3, -0.25) is 9.89 Å². The average molecular weight is 534 g/mol. The summed E-state index contributed by atoms with van der Waals surface area (Å²) >= 11 is 0. The lowest BCUT2D eigenvalue weighted by atomic mass is 10.2. The molecule has 6 nitrogen and oxygen atoms in total. The van der Waals surface area contributed by atoms with Crippen molar-refractivity contribution in [1.29, 1.82) is 0 Å². The van der Waals surface area contributed by atoms with Crippen molar-refractivity contribution >= 4 is 29.9 Å². The smallest absolute Gasteiger partial charge is 0.191 e. The van der Waals surface area contributed by atoms with Crippen molar-refractivity contribution < 1.29 is 4.74 Å². The summed E-state index contributed by atoms with van der Waals surface area (Å²) in [7, 11) is 5.97. The standard InChI is InChI=1S/C23H43N5O.HI/c1-19(2)28(20(3)4)16-8-14-25-23(24-5)26-18-21-10-12-22(13-11-21)29-17-9-15-27(6)7;/h10-13,19-20H,8-9,14-18H2,1-7H3,(H2,24,25,26);1H. The first-order valence-corrected chi connectivity index (χ1v) is 10.9. The molecule has 0 spiro atoms. The number of nitrogens with one attached hydrogen (secondary N) is 2. The van der Waals surface area contributed by atoms with Crippen LogP contribution >= 0.6 is 24.0 Å². The summed E-state index contributed by atoms with van der Waals surface area (Å²) in [5, 5.41) is 6.79. The Kier molecular flexibility index (Phi) is 16.0. The Morgan fingerprint density at radius 1 is 0.967 bits per heavy atom. The second kappa shape index (κ2) is 16.6. The van der Waals surface area contributed by atoms with E-state index in [1.807, 2.05) is 19.2 Å². The summed E-state index contributed by atoms with van der Waals surface area (Å²) in [4.78, 5) is 9.01. The Labute approximate surface area is 201 Å². The zero-order valence-electron chi connectivity index (χ0n) is 20.1. The minimum Gasteiger partial charge on any atom is -0.494 e. The molecule has 0 saturated heterocycles. The van der Waals surface area contributed by atoms with Crippen LogP contribution in [0.3, 0.4) is 0 Å². The van der Waals surface area contributed by atoms with Gasteiger partial charge in [0.15, 0.2) is 5.96 Å². The van der Waals surface area contributed by atoms with Crippen LogP contribution in [0, 0.1) is 0 Å². The number of nitrogens with zero attached hydrogens (tertiary/aromatic N) is 3. The number of hydrogen-bond acceptors (Lipinski definition) is 4. The Hall–Kier alpha value is -1.06. The molecule has 174 valence electrons. The minimum absolute atomic E-state index is 0. The maximum atomic E-state index is 5.79. The fourth-order valence-electron chi connectivity index (χ4n) is 3.26. The van der Waals surface area contributed by atoms with Crippen LogP contribution in [-0.4, -0.2) is 75.2 Å². The first-order valence-electron chi connectivity index (χ1n) is 10.9. The van der Waals surface area contributed by atoms with E-state index in [4.69, 9.17) is 4.74 Å². The predicted octanol–water partition coefficient (Wildman–Crippen LogP) is 3.81. The second-order valence-corrected chi connectivity index (χ2v) is 8.28. The maximum Gasteiger partial charge on any atom is 0.191 e. The molecule has 2 N–H and O–H groups in total. The molecule has 0 unspecified atom stereocenters. The van der Waals surface area contributed by atoms with Gasteiger partial charge in [0.2, 0.25) is 0 Å². The van der Waals surface area contributed by atoms with Crippen LogP contribution in [0.2, 0.25) is 0 Å². The number of aliphatic imine (C=N–C) groups is 1. The van der Waals surface area contributed by atoms with E-state index in [1.54, 1.807) is 0 Å². The van der Waals surface area contributed by atoms with E-state index in [0.29, 0.717) is 12.1 Å². The van der Waals surface area contributed by atoms with Crippen molar-refractivity contribution in [3.63, 3.8) is 0 Å². The highest BCUT2D eigenvalue weighted by molar-refractivity contribution is 14.0. The summed E-state index contributed by atoms with van der Waals surface area (Å²) < 4.78 is 5.79. The van der Waals surface area contributed by atoms with Gasteiger partial charge >= 0.3 is 0 Å². The van der Waals surface area contributed by atoms with Crippen LogP contribution in [0.15, 0.2) is 29.3 Å². The topological polar surface area (TPSA) is 52.1 Å². The largest absolute Gasteiger partial charge is 0.494 e. The van der Waals surface area contributed by atoms with Gasteiger partial charge in [-0.2, -0.15) is 0 Å². The Morgan fingerprint density at radius 2 is 1.60 bits per heavy atom. The van der Waals surface area contributed by atoms with Crippen molar-refractivity contribution in [3.05, 3.63) is 29.8 Å². The molecule has 0 heterocycles. The highest BCUT2D eigenvalue weighted by Crippen LogP contribution is 2.12. The van der Waals surface area contributed by atoms with E-state index >= 15 is 0 Å². The second-order valence-electron chi connectivity index (χ2n) is 8.28. The Balaban J connectivity index is 0.00000841. The first kappa shape index (κ1) is 28.9. The van der Waals surface area contributed by atoms with E-state index in [2.05, 4.69) is 79.3 Å². The first-order chi connectivity index (χ1) is 13.8. The van der Waals surface area contributed by atoms with Crippen LogP contribution in [0.25, 0.3) is 0 Å². The van der Waals surface area contributed by atoms with E-state index in [9.17, 15) is 0 Å². The predicted molar refractivity (Wildman–Crippen MR) is 140 cm³/mol. The van der Waals surface area contributed by atoms with Crippen molar-refractivity contribution in [1.82, 2.24) is 20.4 Å². The molecule has 0 saturated carbocycles. The summed E-state index contributed by atoms with van der Waals surface area (Å²) in [5.74, 6) is 1.77. The van der Waals surface area contributed by atoms with Crippen LogP contribution in [0.5, 0.6) is 5.75 Å². The molecule has 0 bridgehead atoms. The highest BCUT2D eigenvalue weighted by Gasteiger charge is 2.12. The third-order valence-corrected chi connectivity index (χ3v) is 4.84. The van der Waals surface area contributed by atoms with E-state index < -0.39 is 0 Å². The summed E-state index contributed by atoms with van der Waals surface area (Å²) in [6.45, 7) is 13.6. The zero-order valence-corrected chi connectivity index (χ0v) is 22.4. The van der Waals surface area contributed by atoms with E-state index in [1.165, 1.54) is 5.56 Å². The number of guanidine groups is 1. The SMILES string of the molecule is CN=C(NCCCN(C(C)C)C(C)C)NCc1ccc(OCCCN(C)C)cc1.I. The van der Waals surface area contributed by atoms with Crippen molar-refractivity contribution in [3.8, 4) is 5.75 Å². The molecule has 1 aromatic rings. The molecule has 0 aliphatic rings. The molecule has 0 fully saturated rings. The summed E-state index contributed by atoms with van der Waals surface area (Å²) in [5.41, 5.74) is 1.21. The molecule has 0 radical (unpaired) electrons. The van der Waals surface area contributed by atoms with Crippen molar-refractivity contribution in [2.45, 2.75) is 59.2 Å². The number of rotatable bonds is 13. The van der Waals surface area contributed by atoms with E-state index in [-0.39, 0.29) is 24.0 Å². The fraction of sp³-hybridized carbons (Fsp3) is 0.696. The highest BCUT2D eigenvalue weighted by atomic mass is 127. The van der Waals surface area contributed by atoms with Crippen LogP contribution in [0.4, 0.5) is 0 Å². The van der Waals surface area contributed by atoms with Crippen molar-refractivity contribution in [2.24, 2.45) is 4.99 Å². The van der Waals surface area contributed by atoms with Crippen LogP contribution in [0.1, 0.15) is 46.1 Å². The monoisotopic (exact) mass is 533 g/mol. The molecule has 30 heavy (non-hydrogen) atoms. The zero-order chi connectivity index (χ0) is 21.6. The maximum absolute atomic E-state index is 5.79. The molecule has 7 heteroatoms. The molecule has 0 atom stereocenters. The third-order valence-electron chi connectivity index (χ3n) is 4.84. The summed E-state index contributed by atoms with van der Waals surface area (Å²) in [6.07, 6.45) is 2.13. The van der Waals surface area contributed by atoms with Gasteiger partial charge in [0.05, 0.1) is 6.61 Å². The molecule has 0 aliphatic heterocycles. The molecule has 0 amide bonds. The van der Waals surface area contributed by atoms with E-state index in [0.717, 1.165) is 57.3 Å². The molecule has 0 aromatic heterocycles. The molecule has 1 rings (SSSR count). The number of benzene rings is 1. The van der Waals surface area contributed by atoms with Crippen molar-refractivity contribution in [2.75, 3.05) is 47.4 Å². The molecular formula is C23H44IN5O. The Morgan fingerprint density at radius 3 is 2.13 bits per heavy atom. The van der Waals surface area contributed by atoms with Gasteiger partial charge in [-0.1, -0.05) is 12.1 Å². The number of ether oxygens (including phenoxy) is 1. The minimum atomic E-state index is 0. The van der Waals surface area contributed by atoms with Gasteiger partial charge < -0.3 is 20.3 Å². The van der Waals surface area contributed by atoms with Gasteiger partial charge in [0.1, 0.15) is 5.75 Å². The van der Waals surface area contributed by atoms with Gasteiger partial charge in [0, 0.05) is 45.3 Å². The quantitative estimate of drug-likeness (QED) is 0.175. The summed E-state index contributed by atoms with van der Waals surface area (Å²) in [6, 6.07) is 9.43. The van der Waals surface area contributed by atoms with Gasteiger partial charge in [-0.25, -0.2) is 0 Å². The van der Waals surface area contributed by atoms with Crippen LogP contribution in [-0.2, 0) is 6.54 Å². The lowest BCUT2D eigenvalue weighted by Gasteiger charge is -2.30. The fourth-order valence-corrected chi connectivity index (χ4v) is 3.26. The number of halogens is 1. The molecule has 1 aromatic carbocycles. The normalized spacial score (nSPS) is 11.9. The Bertz CT molecular complexity index is 567. The van der Waals surface area contributed by atoms with Crippen LogP contribution < -0.4 is 15.4 Å². The lowest BCUT2D eigenvalue weighted by Crippen LogP contribution is -2.41. The average Bonchev–Trinajstić information content (AvgIpc) is 2.67. The van der Waals surface area contributed by atoms with Gasteiger partial charge in [0.25, 0.3) is 0 Å². The lowest BCUT2D eigenvalue weighted by molar-refractivity contribution is 0.173. The molecule has 0 aliphatic carbocycles. The molecular weight excluding hydrogens is 489 g/mol.